The van der Waals surface area contributed by atoms with E-state index in [1.165, 1.54) is 6.07 Å². The molecule has 2 aromatic carbocycles. The van der Waals surface area contributed by atoms with Gasteiger partial charge in [0, 0.05) is 15.9 Å². The Balaban J connectivity index is 2.34. The summed E-state index contributed by atoms with van der Waals surface area (Å²) in [6.07, 6.45) is 1.03. The second-order valence-electron chi connectivity index (χ2n) is 4.05. The van der Waals surface area contributed by atoms with E-state index in [0.29, 0.717) is 10.6 Å². The summed E-state index contributed by atoms with van der Waals surface area (Å²) in [5.74, 6) is -1.35. The molecule has 0 aliphatic heterocycles. The Labute approximate surface area is 120 Å². The van der Waals surface area contributed by atoms with Crippen LogP contribution in [0, 0.1) is 11.6 Å². The number of anilines is 1. The summed E-state index contributed by atoms with van der Waals surface area (Å²) < 4.78 is 51.4. The van der Waals surface area contributed by atoms with Crippen LogP contribution in [0.2, 0.25) is 0 Å². The van der Waals surface area contributed by atoms with E-state index in [4.69, 9.17) is 0 Å². The third-order valence-electron chi connectivity index (χ3n) is 2.30. The highest BCUT2D eigenvalue weighted by Crippen LogP contribution is 2.35. The lowest BCUT2D eigenvalue weighted by Crippen LogP contribution is -2.10. The van der Waals surface area contributed by atoms with Gasteiger partial charge in [-0.25, -0.2) is 17.2 Å². The van der Waals surface area contributed by atoms with Crippen molar-refractivity contribution in [2.45, 2.75) is 9.79 Å². The molecule has 0 aliphatic carbocycles. The first-order chi connectivity index (χ1) is 9.35. The van der Waals surface area contributed by atoms with Crippen LogP contribution in [-0.2, 0) is 10.0 Å². The highest BCUT2D eigenvalue weighted by Gasteiger charge is 2.11. The highest BCUT2D eigenvalue weighted by molar-refractivity contribution is 7.99. The summed E-state index contributed by atoms with van der Waals surface area (Å²) in [5.41, 5.74) is 0.351. The average Bonchev–Trinajstić information content (AvgIpc) is 2.33. The van der Waals surface area contributed by atoms with Crippen LogP contribution in [0.5, 0.6) is 0 Å². The summed E-state index contributed by atoms with van der Waals surface area (Å²) in [7, 11) is -3.43. The minimum absolute atomic E-state index is 0.217. The highest BCUT2D eigenvalue weighted by atomic mass is 32.2. The van der Waals surface area contributed by atoms with Crippen LogP contribution in [0.15, 0.2) is 52.3 Å². The molecule has 0 bridgehead atoms. The molecule has 2 rings (SSSR count). The molecule has 0 amide bonds. The van der Waals surface area contributed by atoms with Crippen LogP contribution < -0.4 is 4.72 Å². The molecule has 0 unspecified atom stereocenters. The van der Waals surface area contributed by atoms with Crippen molar-refractivity contribution in [2.75, 3.05) is 11.0 Å². The Hall–Kier alpha value is -1.60. The maximum Gasteiger partial charge on any atom is 0.229 e. The van der Waals surface area contributed by atoms with Gasteiger partial charge in [-0.2, -0.15) is 0 Å². The summed E-state index contributed by atoms with van der Waals surface area (Å²) in [6.45, 7) is 0. The predicted molar refractivity (Wildman–Crippen MR) is 75.4 cm³/mol. The van der Waals surface area contributed by atoms with E-state index >= 15 is 0 Å². The topological polar surface area (TPSA) is 46.2 Å². The van der Waals surface area contributed by atoms with Crippen LogP contribution in [0.25, 0.3) is 0 Å². The largest absolute Gasteiger partial charge is 0.283 e. The molecular weight excluding hydrogens is 304 g/mol. The maximum atomic E-state index is 13.6. The van der Waals surface area contributed by atoms with Crippen molar-refractivity contribution in [2.24, 2.45) is 0 Å². The molecule has 0 saturated carbocycles. The van der Waals surface area contributed by atoms with Gasteiger partial charge < -0.3 is 0 Å². The van der Waals surface area contributed by atoms with E-state index in [2.05, 4.69) is 4.72 Å². The van der Waals surface area contributed by atoms with Gasteiger partial charge in [-0.1, -0.05) is 23.9 Å². The molecule has 0 atom stereocenters. The van der Waals surface area contributed by atoms with Crippen LogP contribution in [-0.4, -0.2) is 14.7 Å². The molecule has 0 aromatic heterocycles. The number of hydrogen-bond donors (Lipinski definition) is 1. The van der Waals surface area contributed by atoms with Crippen LogP contribution in [0.3, 0.4) is 0 Å². The lowest BCUT2D eigenvalue weighted by atomic mass is 10.3. The Morgan fingerprint density at radius 1 is 1.05 bits per heavy atom. The van der Waals surface area contributed by atoms with E-state index in [-0.39, 0.29) is 4.90 Å². The van der Waals surface area contributed by atoms with Crippen molar-refractivity contribution < 1.29 is 17.2 Å². The van der Waals surface area contributed by atoms with Gasteiger partial charge in [-0.15, -0.1) is 0 Å². The van der Waals surface area contributed by atoms with Crippen molar-refractivity contribution in [1.82, 2.24) is 0 Å². The summed E-state index contributed by atoms with van der Waals surface area (Å²) >= 11 is 1.02. The zero-order valence-corrected chi connectivity index (χ0v) is 12.1. The standard InChI is InChI=1S/C13H11F2NO2S2/c1-20(17,18)16-11-4-2-3-5-13(11)19-12-7-6-9(14)8-10(12)15/h2-8,16H,1H3. The van der Waals surface area contributed by atoms with E-state index in [0.717, 1.165) is 30.2 Å². The van der Waals surface area contributed by atoms with E-state index in [1.807, 2.05) is 0 Å². The van der Waals surface area contributed by atoms with Gasteiger partial charge in [0.25, 0.3) is 0 Å². The Bertz CT molecular complexity index is 733. The first kappa shape index (κ1) is 14.8. The number of halogens is 2. The Morgan fingerprint density at radius 2 is 1.75 bits per heavy atom. The zero-order chi connectivity index (χ0) is 14.8. The SMILES string of the molecule is CS(=O)(=O)Nc1ccccc1Sc1ccc(F)cc1F. The number of benzene rings is 2. The number of para-hydroxylation sites is 1. The van der Waals surface area contributed by atoms with Gasteiger partial charge >= 0.3 is 0 Å². The first-order valence-electron chi connectivity index (χ1n) is 5.55. The lowest BCUT2D eigenvalue weighted by Gasteiger charge is -2.10. The number of hydrogen-bond acceptors (Lipinski definition) is 3. The van der Waals surface area contributed by atoms with Gasteiger partial charge in [0.2, 0.25) is 10.0 Å². The van der Waals surface area contributed by atoms with Crippen molar-refractivity contribution in [3.63, 3.8) is 0 Å². The first-order valence-corrected chi connectivity index (χ1v) is 8.26. The molecule has 0 radical (unpaired) electrons. The normalized spacial score (nSPS) is 11.3. The lowest BCUT2D eigenvalue weighted by molar-refractivity contribution is 0.565. The predicted octanol–water partition coefficient (Wildman–Crippen LogP) is 3.49. The molecule has 0 saturated heterocycles. The van der Waals surface area contributed by atoms with Gasteiger partial charge in [-0.3, -0.25) is 4.72 Å². The average molecular weight is 315 g/mol. The van der Waals surface area contributed by atoms with Crippen molar-refractivity contribution >= 4 is 27.5 Å². The van der Waals surface area contributed by atoms with E-state index in [1.54, 1.807) is 24.3 Å². The van der Waals surface area contributed by atoms with Gasteiger partial charge in [0.15, 0.2) is 0 Å². The van der Waals surface area contributed by atoms with E-state index < -0.39 is 21.7 Å². The minimum atomic E-state index is -3.43. The fraction of sp³-hybridized carbons (Fsp3) is 0.0769. The van der Waals surface area contributed by atoms with Crippen LogP contribution in [0.1, 0.15) is 0 Å². The third kappa shape index (κ3) is 3.94. The second-order valence-corrected chi connectivity index (χ2v) is 6.88. The molecule has 106 valence electrons. The Kier molecular flexibility index (Phi) is 4.29. The fourth-order valence-corrected chi connectivity index (χ4v) is 3.06. The van der Waals surface area contributed by atoms with Crippen LogP contribution in [0.4, 0.5) is 14.5 Å². The molecule has 0 spiro atoms. The summed E-state index contributed by atoms with van der Waals surface area (Å²) in [5, 5.41) is 0. The van der Waals surface area contributed by atoms with Gasteiger partial charge in [-0.05, 0) is 24.3 Å². The van der Waals surface area contributed by atoms with Crippen molar-refractivity contribution in [3.8, 4) is 0 Å². The Morgan fingerprint density at radius 3 is 2.40 bits per heavy atom. The smallest absolute Gasteiger partial charge is 0.229 e. The minimum Gasteiger partial charge on any atom is -0.283 e. The molecule has 0 heterocycles. The van der Waals surface area contributed by atoms with Gasteiger partial charge in [0.1, 0.15) is 11.6 Å². The molecule has 0 aliphatic rings. The van der Waals surface area contributed by atoms with Gasteiger partial charge in [0.05, 0.1) is 11.9 Å². The quantitative estimate of drug-likeness (QED) is 0.939. The zero-order valence-electron chi connectivity index (χ0n) is 10.4. The number of rotatable bonds is 4. The summed E-state index contributed by atoms with van der Waals surface area (Å²) in [6, 6.07) is 9.85. The summed E-state index contributed by atoms with van der Waals surface area (Å²) in [4.78, 5) is 0.748. The monoisotopic (exact) mass is 315 g/mol. The molecule has 3 nitrogen and oxygen atoms in total. The van der Waals surface area contributed by atoms with E-state index in [9.17, 15) is 17.2 Å². The molecular formula is C13H11F2NO2S2. The maximum absolute atomic E-state index is 13.6. The number of sulfonamides is 1. The fourth-order valence-electron chi connectivity index (χ4n) is 1.52. The second kappa shape index (κ2) is 5.80. The molecule has 20 heavy (non-hydrogen) atoms. The van der Waals surface area contributed by atoms with Crippen molar-refractivity contribution in [1.29, 1.82) is 0 Å². The molecule has 7 heteroatoms. The third-order valence-corrected chi connectivity index (χ3v) is 4.01. The number of nitrogens with one attached hydrogen (secondary N) is 1. The van der Waals surface area contributed by atoms with Crippen molar-refractivity contribution in [3.05, 3.63) is 54.1 Å². The molecule has 0 fully saturated rings. The van der Waals surface area contributed by atoms with Crippen LogP contribution >= 0.6 is 11.8 Å². The molecule has 2 aromatic rings. The molecule has 1 N–H and O–H groups in total.